The Labute approximate surface area is 93.2 Å². The van der Waals surface area contributed by atoms with Gasteiger partial charge < -0.3 is 5.32 Å². The lowest BCUT2D eigenvalue weighted by molar-refractivity contribution is -0.120. The van der Waals surface area contributed by atoms with Gasteiger partial charge in [0.05, 0.1) is 0 Å². The van der Waals surface area contributed by atoms with Crippen LogP contribution in [0.25, 0.3) is 0 Å². The van der Waals surface area contributed by atoms with E-state index < -0.39 is 0 Å². The van der Waals surface area contributed by atoms with Gasteiger partial charge in [0.1, 0.15) is 11.9 Å². The van der Waals surface area contributed by atoms with Crippen LogP contribution in [0.3, 0.4) is 0 Å². The van der Waals surface area contributed by atoms with E-state index in [4.69, 9.17) is 0 Å². The number of thiophene rings is 1. The second kappa shape index (κ2) is 4.14. The van der Waals surface area contributed by atoms with Crippen molar-refractivity contribution in [1.29, 1.82) is 0 Å². The summed E-state index contributed by atoms with van der Waals surface area (Å²) in [6.07, 6.45) is 0.743. The van der Waals surface area contributed by atoms with E-state index in [-0.39, 0.29) is 17.9 Å². The lowest BCUT2D eigenvalue weighted by Crippen LogP contribution is -2.31. The summed E-state index contributed by atoms with van der Waals surface area (Å²) in [5.74, 6) is 1.11. The van der Waals surface area contributed by atoms with E-state index in [0.717, 1.165) is 12.3 Å². The summed E-state index contributed by atoms with van der Waals surface area (Å²) in [5, 5.41) is 4.88. The van der Waals surface area contributed by atoms with Gasteiger partial charge in [-0.1, -0.05) is 19.9 Å². The molecule has 0 aliphatic carbocycles. The first-order chi connectivity index (χ1) is 7.16. The van der Waals surface area contributed by atoms with Crippen LogP contribution in [-0.4, -0.2) is 17.8 Å². The van der Waals surface area contributed by atoms with Crippen molar-refractivity contribution in [3.8, 4) is 0 Å². The van der Waals surface area contributed by atoms with Crippen LogP contribution in [0.4, 0.5) is 0 Å². The molecule has 0 radical (unpaired) electrons. The third kappa shape index (κ3) is 2.26. The molecule has 1 N–H and O–H groups in total. The maximum atomic E-state index is 11.5. The fourth-order valence-corrected chi connectivity index (χ4v) is 2.30. The number of rotatable bonds is 3. The van der Waals surface area contributed by atoms with Crippen LogP contribution >= 0.6 is 11.3 Å². The van der Waals surface area contributed by atoms with E-state index in [9.17, 15) is 4.79 Å². The number of amidine groups is 1. The molecule has 0 spiro atoms. The zero-order valence-corrected chi connectivity index (χ0v) is 9.67. The van der Waals surface area contributed by atoms with E-state index in [2.05, 4.69) is 16.4 Å². The fraction of sp³-hybridized carbons (Fsp3) is 0.455. The van der Waals surface area contributed by atoms with Gasteiger partial charge in [-0.3, -0.25) is 9.79 Å². The summed E-state index contributed by atoms with van der Waals surface area (Å²) < 4.78 is 0. The predicted octanol–water partition coefficient (Wildman–Crippen LogP) is 1.84. The van der Waals surface area contributed by atoms with Crippen LogP contribution in [-0.2, 0) is 11.2 Å². The molecule has 0 bridgehead atoms. The maximum absolute atomic E-state index is 11.5. The van der Waals surface area contributed by atoms with Gasteiger partial charge in [0, 0.05) is 11.3 Å². The summed E-state index contributed by atoms with van der Waals surface area (Å²) in [6.45, 7) is 4.03. The van der Waals surface area contributed by atoms with Gasteiger partial charge in [-0.15, -0.1) is 11.3 Å². The number of nitrogens with zero attached hydrogens (tertiary/aromatic N) is 1. The van der Waals surface area contributed by atoms with Crippen molar-refractivity contribution in [3.63, 3.8) is 0 Å². The van der Waals surface area contributed by atoms with Gasteiger partial charge in [-0.05, 0) is 17.4 Å². The molecule has 0 fully saturated rings. The lowest BCUT2D eigenvalue weighted by Gasteiger charge is -2.06. The Morgan fingerprint density at radius 1 is 1.60 bits per heavy atom. The summed E-state index contributed by atoms with van der Waals surface area (Å²) in [7, 11) is 0. The monoisotopic (exact) mass is 222 g/mol. The zero-order valence-electron chi connectivity index (χ0n) is 8.86. The molecule has 1 aliphatic rings. The van der Waals surface area contributed by atoms with E-state index in [1.165, 1.54) is 4.88 Å². The quantitative estimate of drug-likeness (QED) is 0.833. The Bertz CT molecular complexity index is 381. The molecule has 1 unspecified atom stereocenters. The second-order valence-corrected chi connectivity index (χ2v) is 5.04. The average molecular weight is 222 g/mol. The molecule has 0 saturated heterocycles. The Balaban J connectivity index is 2.06. The van der Waals surface area contributed by atoms with Gasteiger partial charge in [-0.25, -0.2) is 0 Å². The molecule has 1 aromatic rings. The number of aliphatic imine (C=N–C) groups is 1. The van der Waals surface area contributed by atoms with Crippen molar-refractivity contribution in [3.05, 3.63) is 22.4 Å². The van der Waals surface area contributed by atoms with Crippen molar-refractivity contribution in [2.75, 3.05) is 0 Å². The number of carbonyl (C=O) groups is 1. The third-order valence-corrected chi connectivity index (χ3v) is 3.26. The third-order valence-electron chi connectivity index (χ3n) is 2.38. The molecule has 80 valence electrons. The van der Waals surface area contributed by atoms with Gasteiger partial charge >= 0.3 is 0 Å². The molecule has 0 saturated carbocycles. The van der Waals surface area contributed by atoms with E-state index >= 15 is 0 Å². The molecule has 4 heteroatoms. The van der Waals surface area contributed by atoms with Crippen LogP contribution in [0.2, 0.25) is 0 Å². The molecule has 2 rings (SSSR count). The predicted molar refractivity (Wildman–Crippen MR) is 62.2 cm³/mol. The Morgan fingerprint density at radius 2 is 2.40 bits per heavy atom. The summed E-state index contributed by atoms with van der Waals surface area (Å²) in [4.78, 5) is 17.2. The van der Waals surface area contributed by atoms with Gasteiger partial charge in [-0.2, -0.15) is 0 Å². The van der Waals surface area contributed by atoms with Crippen molar-refractivity contribution in [2.45, 2.75) is 26.3 Å². The molecule has 3 nitrogen and oxygen atoms in total. The Kier molecular flexibility index (Phi) is 2.86. The topological polar surface area (TPSA) is 41.5 Å². The standard InChI is InChI=1S/C11H14N2OS/c1-7(2)10-11(14)13-9(12-10)6-8-4-3-5-15-8/h3-5,7,10H,6H2,1-2H3,(H,12,13,14). The Hall–Kier alpha value is -1.16. The van der Waals surface area contributed by atoms with Crippen molar-refractivity contribution >= 4 is 23.1 Å². The minimum Gasteiger partial charge on any atom is -0.312 e. The first-order valence-corrected chi connectivity index (χ1v) is 5.94. The lowest BCUT2D eigenvalue weighted by atomic mass is 10.1. The van der Waals surface area contributed by atoms with E-state index in [0.29, 0.717) is 0 Å². The molecule has 1 amide bonds. The maximum Gasteiger partial charge on any atom is 0.250 e. The first-order valence-electron chi connectivity index (χ1n) is 5.06. The number of hydrogen-bond acceptors (Lipinski definition) is 3. The Morgan fingerprint density at radius 3 is 2.93 bits per heavy atom. The SMILES string of the molecule is CC(C)C1N=C(Cc2cccs2)NC1=O. The minimum absolute atomic E-state index is 0.0385. The van der Waals surface area contributed by atoms with Crippen LogP contribution in [0.1, 0.15) is 18.7 Å². The summed E-state index contributed by atoms with van der Waals surface area (Å²) >= 11 is 1.69. The highest BCUT2D eigenvalue weighted by Gasteiger charge is 2.28. The summed E-state index contributed by atoms with van der Waals surface area (Å²) in [6, 6.07) is 3.87. The normalized spacial score (nSPS) is 20.6. The van der Waals surface area contributed by atoms with Crippen molar-refractivity contribution in [1.82, 2.24) is 5.32 Å². The number of nitrogens with one attached hydrogen (secondary N) is 1. The fourth-order valence-electron chi connectivity index (χ4n) is 1.59. The molecule has 1 aromatic heterocycles. The van der Waals surface area contributed by atoms with Gasteiger partial charge in [0.15, 0.2) is 0 Å². The molecular formula is C11H14N2OS. The first kappa shape index (κ1) is 10.4. The van der Waals surface area contributed by atoms with Crippen molar-refractivity contribution < 1.29 is 4.79 Å². The summed E-state index contributed by atoms with van der Waals surface area (Å²) in [5.41, 5.74) is 0. The van der Waals surface area contributed by atoms with Crippen LogP contribution in [0.5, 0.6) is 0 Å². The highest BCUT2D eigenvalue weighted by atomic mass is 32.1. The van der Waals surface area contributed by atoms with Crippen LogP contribution < -0.4 is 5.32 Å². The van der Waals surface area contributed by atoms with Crippen LogP contribution in [0.15, 0.2) is 22.5 Å². The van der Waals surface area contributed by atoms with E-state index in [1.807, 2.05) is 25.3 Å². The number of carbonyl (C=O) groups excluding carboxylic acids is 1. The highest BCUT2D eigenvalue weighted by Crippen LogP contribution is 2.15. The number of hydrogen-bond donors (Lipinski definition) is 1. The van der Waals surface area contributed by atoms with Crippen molar-refractivity contribution in [2.24, 2.45) is 10.9 Å². The minimum atomic E-state index is -0.194. The average Bonchev–Trinajstić information content (AvgIpc) is 2.75. The zero-order chi connectivity index (χ0) is 10.8. The molecule has 2 heterocycles. The molecular weight excluding hydrogens is 208 g/mol. The molecule has 0 aromatic carbocycles. The largest absolute Gasteiger partial charge is 0.312 e. The van der Waals surface area contributed by atoms with Gasteiger partial charge in [0.25, 0.3) is 0 Å². The number of amides is 1. The van der Waals surface area contributed by atoms with Gasteiger partial charge in [0.2, 0.25) is 5.91 Å². The second-order valence-electron chi connectivity index (χ2n) is 4.01. The molecule has 15 heavy (non-hydrogen) atoms. The highest BCUT2D eigenvalue weighted by molar-refractivity contribution is 7.10. The van der Waals surface area contributed by atoms with Crippen LogP contribution in [0, 0.1) is 5.92 Å². The van der Waals surface area contributed by atoms with E-state index in [1.54, 1.807) is 11.3 Å². The molecule has 1 aliphatic heterocycles. The smallest absolute Gasteiger partial charge is 0.250 e. The molecule has 1 atom stereocenters.